The number of anilines is 2. The Morgan fingerprint density at radius 1 is 1.00 bits per heavy atom. The minimum Gasteiger partial charge on any atom is -0.493 e. The minimum absolute atomic E-state index is 0.0969. The van der Waals surface area contributed by atoms with Crippen molar-refractivity contribution in [1.29, 1.82) is 0 Å². The van der Waals surface area contributed by atoms with Crippen LogP contribution in [0.2, 0.25) is 0 Å². The van der Waals surface area contributed by atoms with E-state index in [9.17, 15) is 19.1 Å². The van der Waals surface area contributed by atoms with E-state index in [0.29, 0.717) is 41.6 Å². The van der Waals surface area contributed by atoms with Gasteiger partial charge in [-0.3, -0.25) is 4.79 Å². The fourth-order valence-electron chi connectivity index (χ4n) is 4.25. The van der Waals surface area contributed by atoms with Gasteiger partial charge >= 0.3 is 12.1 Å². The Balaban J connectivity index is 1.38. The molecular formula is C32H34FN3O6. The number of hydrogen-bond donors (Lipinski definition) is 3. The molecule has 0 spiro atoms. The topological polar surface area (TPSA) is 123 Å². The highest BCUT2D eigenvalue weighted by Crippen LogP contribution is 2.27. The van der Waals surface area contributed by atoms with E-state index in [4.69, 9.17) is 13.9 Å². The van der Waals surface area contributed by atoms with Crippen LogP contribution in [0.15, 0.2) is 71.1 Å². The SMILES string of the molecule is Cc1oc(-c2ccc(Nc3ccc(F)cc3)cc2)nc1CCOc1ccc(C(C)C(=O)O)c(CNC(=O)OC(C)C)c1. The highest BCUT2D eigenvalue weighted by molar-refractivity contribution is 5.76. The van der Waals surface area contributed by atoms with Gasteiger partial charge in [0.25, 0.3) is 0 Å². The van der Waals surface area contributed by atoms with Crippen LogP contribution in [0.1, 0.15) is 49.3 Å². The van der Waals surface area contributed by atoms with Crippen LogP contribution in [-0.4, -0.2) is 34.9 Å². The van der Waals surface area contributed by atoms with Crippen molar-refractivity contribution >= 4 is 23.4 Å². The average Bonchev–Trinajstić information content (AvgIpc) is 3.33. The number of aromatic nitrogens is 1. The van der Waals surface area contributed by atoms with Crippen molar-refractivity contribution in [1.82, 2.24) is 10.3 Å². The second kappa shape index (κ2) is 13.7. The van der Waals surface area contributed by atoms with Gasteiger partial charge in [-0.1, -0.05) is 6.07 Å². The number of hydrogen-bond acceptors (Lipinski definition) is 7. The molecule has 4 rings (SSSR count). The molecule has 0 saturated carbocycles. The van der Waals surface area contributed by atoms with Gasteiger partial charge in [0.15, 0.2) is 0 Å². The maximum atomic E-state index is 13.1. The van der Waals surface area contributed by atoms with Gasteiger partial charge in [0.2, 0.25) is 5.89 Å². The Morgan fingerprint density at radius 2 is 1.67 bits per heavy atom. The van der Waals surface area contributed by atoms with Gasteiger partial charge in [-0.05, 0) is 99.5 Å². The molecule has 1 atom stereocenters. The molecule has 9 nitrogen and oxygen atoms in total. The molecule has 3 N–H and O–H groups in total. The summed E-state index contributed by atoms with van der Waals surface area (Å²) in [6.07, 6.45) is -0.371. The molecule has 1 amide bonds. The third-order valence-corrected chi connectivity index (χ3v) is 6.48. The van der Waals surface area contributed by atoms with Crippen LogP contribution >= 0.6 is 0 Å². The second-order valence-corrected chi connectivity index (χ2v) is 10.1. The van der Waals surface area contributed by atoms with Crippen molar-refractivity contribution in [2.45, 2.75) is 52.7 Å². The third-order valence-electron chi connectivity index (χ3n) is 6.48. The molecule has 1 aromatic heterocycles. The fourth-order valence-corrected chi connectivity index (χ4v) is 4.25. The first kappa shape index (κ1) is 30.1. The summed E-state index contributed by atoms with van der Waals surface area (Å²) in [5.74, 6) is -0.309. The zero-order chi connectivity index (χ0) is 30.2. The lowest BCUT2D eigenvalue weighted by Gasteiger charge is -2.16. The van der Waals surface area contributed by atoms with E-state index < -0.39 is 18.0 Å². The largest absolute Gasteiger partial charge is 0.493 e. The number of halogens is 1. The number of carboxylic acid groups (broad SMARTS) is 1. The van der Waals surface area contributed by atoms with Crippen LogP contribution in [0.25, 0.3) is 11.5 Å². The Bertz CT molecular complexity index is 1520. The predicted molar refractivity (Wildman–Crippen MR) is 157 cm³/mol. The number of alkyl carbamates (subject to hydrolysis) is 1. The fraction of sp³-hybridized carbons (Fsp3) is 0.281. The molecule has 4 aromatic rings. The van der Waals surface area contributed by atoms with Gasteiger partial charge < -0.3 is 29.6 Å². The number of amides is 1. The monoisotopic (exact) mass is 575 g/mol. The molecule has 0 aliphatic heterocycles. The maximum absolute atomic E-state index is 13.1. The number of aliphatic carboxylic acids is 1. The zero-order valence-electron chi connectivity index (χ0n) is 23.9. The van der Waals surface area contributed by atoms with Crippen LogP contribution in [0, 0.1) is 12.7 Å². The summed E-state index contributed by atoms with van der Waals surface area (Å²) in [6.45, 7) is 7.34. The maximum Gasteiger partial charge on any atom is 0.407 e. The lowest BCUT2D eigenvalue weighted by Crippen LogP contribution is -2.27. The molecule has 1 heterocycles. The number of carbonyl (C=O) groups excluding carboxylic acids is 1. The number of carboxylic acids is 1. The summed E-state index contributed by atoms with van der Waals surface area (Å²) in [4.78, 5) is 28.2. The smallest absolute Gasteiger partial charge is 0.407 e. The van der Waals surface area contributed by atoms with Crippen molar-refractivity contribution in [3.8, 4) is 17.2 Å². The molecular weight excluding hydrogens is 541 g/mol. The molecule has 0 radical (unpaired) electrons. The first-order valence-electron chi connectivity index (χ1n) is 13.6. The van der Waals surface area contributed by atoms with Gasteiger partial charge in [-0.2, -0.15) is 0 Å². The first-order valence-corrected chi connectivity index (χ1v) is 13.6. The number of oxazole rings is 1. The van der Waals surface area contributed by atoms with E-state index in [1.165, 1.54) is 12.1 Å². The van der Waals surface area contributed by atoms with Crippen LogP contribution in [0.4, 0.5) is 20.6 Å². The summed E-state index contributed by atoms with van der Waals surface area (Å²) < 4.78 is 30.1. The van der Waals surface area contributed by atoms with Crippen LogP contribution in [0.5, 0.6) is 5.75 Å². The lowest BCUT2D eigenvalue weighted by atomic mass is 9.95. The third kappa shape index (κ3) is 8.09. The Morgan fingerprint density at radius 3 is 2.31 bits per heavy atom. The molecule has 1 unspecified atom stereocenters. The summed E-state index contributed by atoms with van der Waals surface area (Å²) in [5, 5.41) is 15.4. The predicted octanol–water partition coefficient (Wildman–Crippen LogP) is 6.98. The number of nitrogens with zero attached hydrogens (tertiary/aromatic N) is 1. The van der Waals surface area contributed by atoms with Crippen molar-refractivity contribution in [3.63, 3.8) is 0 Å². The molecule has 220 valence electrons. The van der Waals surface area contributed by atoms with E-state index >= 15 is 0 Å². The number of ether oxygens (including phenoxy) is 2. The number of aryl methyl sites for hydroxylation is 1. The molecule has 0 saturated heterocycles. The zero-order valence-corrected chi connectivity index (χ0v) is 23.9. The van der Waals surface area contributed by atoms with E-state index in [0.717, 1.165) is 22.6 Å². The Kier molecular flexibility index (Phi) is 9.80. The highest BCUT2D eigenvalue weighted by Gasteiger charge is 2.19. The van der Waals surface area contributed by atoms with Crippen LogP contribution in [0.3, 0.4) is 0 Å². The summed E-state index contributed by atoms with van der Waals surface area (Å²) >= 11 is 0. The normalized spacial score (nSPS) is 11.7. The van der Waals surface area contributed by atoms with Gasteiger partial charge in [-0.15, -0.1) is 0 Å². The summed E-state index contributed by atoms with van der Waals surface area (Å²) in [5.41, 5.74) is 4.40. The summed E-state index contributed by atoms with van der Waals surface area (Å²) in [7, 11) is 0. The molecule has 0 aliphatic rings. The number of rotatable bonds is 12. The molecule has 0 aliphatic carbocycles. The van der Waals surface area contributed by atoms with Gasteiger partial charge in [0, 0.05) is 29.9 Å². The quantitative estimate of drug-likeness (QED) is 0.165. The Labute approximate surface area is 243 Å². The van der Waals surface area contributed by atoms with E-state index in [-0.39, 0.29) is 18.5 Å². The number of carbonyl (C=O) groups is 2. The van der Waals surface area contributed by atoms with Gasteiger partial charge in [0.05, 0.1) is 24.3 Å². The molecule has 3 aromatic carbocycles. The van der Waals surface area contributed by atoms with Crippen LogP contribution < -0.4 is 15.4 Å². The standard InChI is InChI=1S/C32H34FN3O6/c1-19(2)41-32(39)34-18-23-17-27(13-14-28(23)20(3)31(37)38)40-16-15-29-21(4)42-30(36-29)22-5-9-25(10-6-22)35-26-11-7-24(33)8-12-26/h5-14,17,19-20,35H,15-16,18H2,1-4H3,(H,34,39)(H,37,38). The van der Waals surface area contributed by atoms with Gasteiger partial charge in [0.1, 0.15) is 17.3 Å². The van der Waals surface area contributed by atoms with E-state index in [1.807, 2.05) is 31.2 Å². The first-order chi connectivity index (χ1) is 20.1. The molecule has 0 bridgehead atoms. The van der Waals surface area contributed by atoms with Crippen LogP contribution in [-0.2, 0) is 22.5 Å². The highest BCUT2D eigenvalue weighted by atomic mass is 19.1. The molecule has 10 heteroatoms. The second-order valence-electron chi connectivity index (χ2n) is 10.1. The Hall–Kier alpha value is -4.86. The lowest BCUT2D eigenvalue weighted by molar-refractivity contribution is -0.138. The minimum atomic E-state index is -0.967. The van der Waals surface area contributed by atoms with Crippen molar-refractivity contribution in [2.75, 3.05) is 11.9 Å². The number of benzene rings is 3. The van der Waals surface area contributed by atoms with Gasteiger partial charge in [-0.25, -0.2) is 14.2 Å². The average molecular weight is 576 g/mol. The summed E-state index contributed by atoms with van der Waals surface area (Å²) in [6, 6.07) is 18.9. The van der Waals surface area contributed by atoms with Crippen molar-refractivity contribution in [3.05, 3.63) is 95.1 Å². The molecule has 0 fully saturated rings. The van der Waals surface area contributed by atoms with Crippen molar-refractivity contribution < 1.29 is 33.0 Å². The van der Waals surface area contributed by atoms with E-state index in [1.54, 1.807) is 51.1 Å². The van der Waals surface area contributed by atoms with E-state index in [2.05, 4.69) is 15.6 Å². The number of nitrogens with one attached hydrogen (secondary N) is 2. The molecule has 42 heavy (non-hydrogen) atoms. The van der Waals surface area contributed by atoms with Crippen molar-refractivity contribution in [2.24, 2.45) is 0 Å².